The molecule has 4 rings (SSSR count). The van der Waals surface area contributed by atoms with Crippen molar-refractivity contribution in [2.24, 2.45) is 5.92 Å². The van der Waals surface area contributed by atoms with Crippen LogP contribution in [0.15, 0.2) is 29.5 Å². The molecule has 1 aromatic carbocycles. The molecular formula is C26H36N2O5. The minimum absolute atomic E-state index is 0.0652. The molecular weight excluding hydrogens is 420 g/mol. The Balaban J connectivity index is 1.73. The van der Waals surface area contributed by atoms with Crippen molar-refractivity contribution in [2.45, 2.75) is 58.1 Å². The van der Waals surface area contributed by atoms with E-state index in [-0.39, 0.29) is 29.5 Å². The van der Waals surface area contributed by atoms with Crippen molar-refractivity contribution < 1.29 is 23.8 Å². The second-order valence-electron chi connectivity index (χ2n) is 9.02. The van der Waals surface area contributed by atoms with Gasteiger partial charge in [0.2, 0.25) is 0 Å². The molecule has 1 saturated carbocycles. The van der Waals surface area contributed by atoms with E-state index in [4.69, 9.17) is 14.2 Å². The van der Waals surface area contributed by atoms with Crippen molar-refractivity contribution in [1.82, 2.24) is 9.80 Å². The summed E-state index contributed by atoms with van der Waals surface area (Å²) in [7, 11) is 3.18. The Labute approximate surface area is 196 Å². The molecule has 2 aliphatic heterocycles. The number of para-hydroxylation sites is 1. The zero-order valence-corrected chi connectivity index (χ0v) is 20.3. The third-order valence-electron chi connectivity index (χ3n) is 7.35. The lowest BCUT2D eigenvalue weighted by molar-refractivity contribution is -0.135. The second kappa shape index (κ2) is 10.2. The number of methoxy groups -OCH3 is 2. The molecule has 0 saturated heterocycles. The van der Waals surface area contributed by atoms with Crippen LogP contribution in [0.2, 0.25) is 0 Å². The Morgan fingerprint density at radius 2 is 1.85 bits per heavy atom. The molecule has 3 atom stereocenters. The molecule has 7 heteroatoms. The van der Waals surface area contributed by atoms with Crippen LogP contribution in [0.3, 0.4) is 0 Å². The monoisotopic (exact) mass is 456 g/mol. The van der Waals surface area contributed by atoms with E-state index in [1.54, 1.807) is 19.1 Å². The summed E-state index contributed by atoms with van der Waals surface area (Å²) < 4.78 is 17.5. The molecule has 0 radical (unpaired) electrons. The topological polar surface area (TPSA) is 68.3 Å². The third kappa shape index (κ3) is 4.23. The molecule has 7 nitrogen and oxygen atoms in total. The minimum atomic E-state index is -0.523. The maximum atomic E-state index is 13.7. The molecule has 0 spiro atoms. The Morgan fingerprint density at radius 1 is 1.09 bits per heavy atom. The number of hydrogen-bond donors (Lipinski definition) is 0. The first-order valence-electron chi connectivity index (χ1n) is 12.2. The predicted molar refractivity (Wildman–Crippen MR) is 125 cm³/mol. The van der Waals surface area contributed by atoms with Gasteiger partial charge < -0.3 is 24.0 Å². The highest BCUT2D eigenvalue weighted by molar-refractivity contribution is 6.11. The van der Waals surface area contributed by atoms with Gasteiger partial charge in [0.1, 0.15) is 6.10 Å². The summed E-state index contributed by atoms with van der Waals surface area (Å²) >= 11 is 0. The number of Topliss-reactive ketones (excluding diaryl/α,β-unsaturated/α-hetero) is 1. The lowest BCUT2D eigenvalue weighted by Gasteiger charge is -2.35. The first-order chi connectivity index (χ1) is 16.0. The average Bonchev–Trinajstić information content (AvgIpc) is 3.12. The summed E-state index contributed by atoms with van der Waals surface area (Å²) in [6.45, 7) is 7.66. The summed E-state index contributed by atoms with van der Waals surface area (Å²) in [4.78, 5) is 31.5. The van der Waals surface area contributed by atoms with Crippen LogP contribution in [-0.4, -0.2) is 68.0 Å². The molecule has 1 aliphatic carbocycles. The number of nitrogens with zero attached hydrogens (tertiary/aromatic N) is 2. The molecule has 1 aromatic rings. The van der Waals surface area contributed by atoms with Crippen molar-refractivity contribution in [3.05, 3.63) is 35.1 Å². The number of benzene rings is 1. The van der Waals surface area contributed by atoms with Crippen LogP contribution < -0.4 is 9.47 Å². The highest BCUT2D eigenvalue weighted by Crippen LogP contribution is 2.49. The van der Waals surface area contributed by atoms with Gasteiger partial charge in [0, 0.05) is 12.1 Å². The van der Waals surface area contributed by atoms with E-state index in [9.17, 15) is 9.59 Å². The summed E-state index contributed by atoms with van der Waals surface area (Å²) in [5.41, 5.74) is 1.27. The zero-order valence-electron chi connectivity index (χ0n) is 20.3. The Hall–Kier alpha value is -2.54. The van der Waals surface area contributed by atoms with Crippen LogP contribution in [0.1, 0.15) is 57.6 Å². The smallest absolute Gasteiger partial charge is 0.290 e. The SMILES string of the molecule is CCN(CC)CCCN1C(=O)C2=C(C(=O)C3CCCCC3O2)C1c1cccc(OC)c1OC. The van der Waals surface area contributed by atoms with E-state index in [1.165, 1.54) is 0 Å². The zero-order chi connectivity index (χ0) is 23.5. The van der Waals surface area contributed by atoms with Crippen molar-refractivity contribution in [1.29, 1.82) is 0 Å². The number of carbonyl (C=O) groups excluding carboxylic acids is 2. The number of rotatable bonds is 9. The third-order valence-corrected chi connectivity index (χ3v) is 7.35. The number of ether oxygens (including phenoxy) is 3. The summed E-state index contributed by atoms with van der Waals surface area (Å²) in [5, 5.41) is 0. The van der Waals surface area contributed by atoms with Crippen LogP contribution in [-0.2, 0) is 14.3 Å². The van der Waals surface area contributed by atoms with Crippen molar-refractivity contribution in [3.8, 4) is 11.5 Å². The van der Waals surface area contributed by atoms with Gasteiger partial charge >= 0.3 is 0 Å². The fraction of sp³-hybridized carbons (Fsp3) is 0.615. The van der Waals surface area contributed by atoms with Gasteiger partial charge in [-0.05, 0) is 51.4 Å². The van der Waals surface area contributed by atoms with Gasteiger partial charge in [0.15, 0.2) is 23.0 Å². The van der Waals surface area contributed by atoms with Gasteiger partial charge in [-0.15, -0.1) is 0 Å². The molecule has 0 bridgehead atoms. The van der Waals surface area contributed by atoms with Crippen LogP contribution in [0.25, 0.3) is 0 Å². The van der Waals surface area contributed by atoms with E-state index in [0.717, 1.165) is 57.3 Å². The Bertz CT molecular complexity index is 923. The van der Waals surface area contributed by atoms with Gasteiger partial charge in [0.05, 0.1) is 31.8 Å². The summed E-state index contributed by atoms with van der Waals surface area (Å²) in [6.07, 6.45) is 4.34. The summed E-state index contributed by atoms with van der Waals surface area (Å²) in [5.74, 6) is 1.10. The molecule has 3 unspecified atom stereocenters. The maximum absolute atomic E-state index is 13.7. The van der Waals surface area contributed by atoms with E-state index in [1.807, 2.05) is 18.2 Å². The molecule has 1 fully saturated rings. The van der Waals surface area contributed by atoms with Crippen LogP contribution >= 0.6 is 0 Å². The number of ketones is 1. The maximum Gasteiger partial charge on any atom is 0.290 e. The second-order valence-corrected chi connectivity index (χ2v) is 9.02. The standard InChI is InChI=1S/C26H36N2O5/c1-5-27(6-2)15-10-16-28-22(18-12-9-14-20(31-3)24(18)32-4)21-23(29)17-11-7-8-13-19(17)33-25(21)26(28)30/h9,12,14,17,19,22H,5-8,10-11,13,15-16H2,1-4H3. The lowest BCUT2D eigenvalue weighted by atomic mass is 9.77. The minimum Gasteiger partial charge on any atom is -0.493 e. The van der Waals surface area contributed by atoms with Crippen molar-refractivity contribution in [2.75, 3.05) is 40.4 Å². The van der Waals surface area contributed by atoms with E-state index < -0.39 is 6.04 Å². The number of fused-ring (bicyclic) bond motifs is 1. The first kappa shape index (κ1) is 23.6. The highest BCUT2D eigenvalue weighted by Gasteiger charge is 2.52. The Morgan fingerprint density at radius 3 is 2.55 bits per heavy atom. The van der Waals surface area contributed by atoms with E-state index in [0.29, 0.717) is 23.6 Å². The number of hydrogen-bond acceptors (Lipinski definition) is 6. The molecule has 0 aromatic heterocycles. The van der Waals surface area contributed by atoms with Crippen molar-refractivity contribution >= 4 is 11.7 Å². The molecule has 3 aliphatic rings. The highest BCUT2D eigenvalue weighted by atomic mass is 16.5. The Kier molecular flexibility index (Phi) is 7.27. The summed E-state index contributed by atoms with van der Waals surface area (Å²) in [6, 6.07) is 5.11. The average molecular weight is 457 g/mol. The lowest BCUT2D eigenvalue weighted by Crippen LogP contribution is -2.39. The van der Waals surface area contributed by atoms with Crippen LogP contribution in [0, 0.1) is 5.92 Å². The molecule has 1 amide bonds. The van der Waals surface area contributed by atoms with Crippen molar-refractivity contribution in [3.63, 3.8) is 0 Å². The van der Waals surface area contributed by atoms with Gasteiger partial charge in [0.25, 0.3) is 5.91 Å². The van der Waals surface area contributed by atoms with Crippen LogP contribution in [0.5, 0.6) is 11.5 Å². The molecule has 33 heavy (non-hydrogen) atoms. The normalized spacial score (nSPS) is 24.6. The number of amides is 1. The molecule has 180 valence electrons. The predicted octanol–water partition coefficient (Wildman–Crippen LogP) is 3.73. The fourth-order valence-electron chi connectivity index (χ4n) is 5.58. The molecule has 2 heterocycles. The first-order valence-corrected chi connectivity index (χ1v) is 12.2. The van der Waals surface area contributed by atoms with Gasteiger partial charge in [-0.1, -0.05) is 32.4 Å². The van der Waals surface area contributed by atoms with Gasteiger partial charge in [-0.25, -0.2) is 0 Å². The van der Waals surface area contributed by atoms with Gasteiger partial charge in [-0.3, -0.25) is 9.59 Å². The fourth-order valence-corrected chi connectivity index (χ4v) is 5.58. The largest absolute Gasteiger partial charge is 0.493 e. The number of carbonyl (C=O) groups is 2. The van der Waals surface area contributed by atoms with E-state index in [2.05, 4.69) is 18.7 Å². The van der Waals surface area contributed by atoms with Crippen LogP contribution in [0.4, 0.5) is 0 Å². The van der Waals surface area contributed by atoms with Gasteiger partial charge in [-0.2, -0.15) is 0 Å². The quantitative estimate of drug-likeness (QED) is 0.564. The van der Waals surface area contributed by atoms with E-state index >= 15 is 0 Å². The molecule has 0 N–H and O–H groups in total.